The molecule has 0 atom stereocenters. The molecular weight excluding hydrogens is 316 g/mol. The zero-order valence-electron chi connectivity index (χ0n) is 15.2. The van der Waals surface area contributed by atoms with Crippen molar-refractivity contribution in [3.63, 3.8) is 0 Å². The number of nitrogens with zero attached hydrogens (tertiary/aromatic N) is 4. The van der Waals surface area contributed by atoms with Gasteiger partial charge in [-0.25, -0.2) is 4.79 Å². The zero-order valence-corrected chi connectivity index (χ0v) is 15.2. The second-order valence-electron chi connectivity index (χ2n) is 7.43. The summed E-state index contributed by atoms with van der Waals surface area (Å²) in [5.41, 5.74) is 0.863. The molecule has 0 aliphatic carbocycles. The lowest BCUT2D eigenvalue weighted by atomic mass is 10.1. The number of fused-ring (bicyclic) bond motifs is 1. The van der Waals surface area contributed by atoms with Crippen LogP contribution in [0.15, 0.2) is 30.3 Å². The number of amides is 1. The molecule has 0 spiro atoms. The number of carbonyl (C=O) groups is 1. The molecule has 0 fully saturated rings. The zero-order chi connectivity index (χ0) is 17.9. The van der Waals surface area contributed by atoms with E-state index in [0.29, 0.717) is 13.1 Å². The number of ether oxygens (including phenoxy) is 1. The fraction of sp³-hybridized carbons (Fsp3) is 0.526. The molecule has 1 aromatic carbocycles. The summed E-state index contributed by atoms with van der Waals surface area (Å²) in [6, 6.07) is 10.5. The molecule has 2 aromatic rings. The number of benzene rings is 1. The highest BCUT2D eigenvalue weighted by atomic mass is 16.6. The highest BCUT2D eigenvalue weighted by Crippen LogP contribution is 2.17. The maximum Gasteiger partial charge on any atom is 0.410 e. The highest BCUT2D eigenvalue weighted by molar-refractivity contribution is 5.68. The fourth-order valence-corrected chi connectivity index (χ4v) is 2.98. The van der Waals surface area contributed by atoms with Crippen LogP contribution in [-0.2, 0) is 30.7 Å². The van der Waals surface area contributed by atoms with E-state index in [-0.39, 0.29) is 6.09 Å². The van der Waals surface area contributed by atoms with Gasteiger partial charge in [0.15, 0.2) is 5.82 Å². The van der Waals surface area contributed by atoms with Crippen LogP contribution in [0.5, 0.6) is 0 Å². The summed E-state index contributed by atoms with van der Waals surface area (Å²) in [7, 11) is 0. The maximum absolute atomic E-state index is 12.2. The lowest BCUT2D eigenvalue weighted by molar-refractivity contribution is 0.0194. The summed E-state index contributed by atoms with van der Waals surface area (Å²) < 4.78 is 7.59. The van der Waals surface area contributed by atoms with E-state index in [1.165, 1.54) is 5.56 Å². The summed E-state index contributed by atoms with van der Waals surface area (Å²) >= 11 is 0. The van der Waals surface area contributed by atoms with Crippen LogP contribution in [0.25, 0.3) is 0 Å². The monoisotopic (exact) mass is 342 g/mol. The molecule has 134 valence electrons. The molecule has 1 aliphatic rings. The van der Waals surface area contributed by atoms with Gasteiger partial charge in [0.25, 0.3) is 0 Å². The van der Waals surface area contributed by atoms with Crippen molar-refractivity contribution in [1.29, 1.82) is 0 Å². The third-order valence-electron chi connectivity index (χ3n) is 4.19. The van der Waals surface area contributed by atoms with Crippen molar-refractivity contribution in [2.24, 2.45) is 0 Å². The Morgan fingerprint density at radius 3 is 2.60 bits per heavy atom. The first-order chi connectivity index (χ1) is 11.9. The van der Waals surface area contributed by atoms with E-state index < -0.39 is 5.60 Å². The van der Waals surface area contributed by atoms with Crippen molar-refractivity contribution in [1.82, 2.24) is 19.7 Å². The molecule has 1 aromatic heterocycles. The van der Waals surface area contributed by atoms with Crippen LogP contribution >= 0.6 is 0 Å². The smallest absolute Gasteiger partial charge is 0.410 e. The third-order valence-corrected chi connectivity index (χ3v) is 4.19. The van der Waals surface area contributed by atoms with Crippen LogP contribution in [0.2, 0.25) is 0 Å². The van der Waals surface area contributed by atoms with Crippen molar-refractivity contribution >= 4 is 6.09 Å². The summed E-state index contributed by atoms with van der Waals surface area (Å²) in [6.45, 7) is 7.45. The van der Waals surface area contributed by atoms with E-state index >= 15 is 0 Å². The van der Waals surface area contributed by atoms with E-state index in [9.17, 15) is 4.79 Å². The molecule has 0 saturated carbocycles. The number of aromatic nitrogens is 3. The second-order valence-corrected chi connectivity index (χ2v) is 7.43. The lowest BCUT2D eigenvalue weighted by Gasteiger charge is -2.30. The predicted molar refractivity (Wildman–Crippen MR) is 95.1 cm³/mol. The lowest BCUT2D eigenvalue weighted by Crippen LogP contribution is -2.41. The van der Waals surface area contributed by atoms with Gasteiger partial charge in [0, 0.05) is 19.5 Å². The first-order valence-corrected chi connectivity index (χ1v) is 8.85. The number of hydrogen-bond donors (Lipinski definition) is 0. The summed E-state index contributed by atoms with van der Waals surface area (Å²) in [4.78, 5) is 13.9. The van der Waals surface area contributed by atoms with Gasteiger partial charge in [0.05, 0.1) is 6.54 Å². The first-order valence-electron chi connectivity index (χ1n) is 8.85. The predicted octanol–water partition coefficient (Wildman–Crippen LogP) is 3.20. The number of hydrogen-bond acceptors (Lipinski definition) is 4. The van der Waals surface area contributed by atoms with Crippen LogP contribution in [0.3, 0.4) is 0 Å². The van der Waals surface area contributed by atoms with Crippen molar-refractivity contribution in [2.75, 3.05) is 6.54 Å². The van der Waals surface area contributed by atoms with Crippen molar-refractivity contribution in [3.05, 3.63) is 47.5 Å². The van der Waals surface area contributed by atoms with Gasteiger partial charge in [-0.15, -0.1) is 10.2 Å². The van der Waals surface area contributed by atoms with Gasteiger partial charge in [-0.05, 0) is 39.2 Å². The minimum atomic E-state index is -0.481. The van der Waals surface area contributed by atoms with E-state index in [0.717, 1.165) is 37.5 Å². The quantitative estimate of drug-likeness (QED) is 0.856. The van der Waals surface area contributed by atoms with Gasteiger partial charge in [-0.3, -0.25) is 4.90 Å². The van der Waals surface area contributed by atoms with Crippen molar-refractivity contribution in [3.8, 4) is 0 Å². The Hall–Kier alpha value is -2.37. The van der Waals surface area contributed by atoms with Gasteiger partial charge < -0.3 is 9.30 Å². The first kappa shape index (κ1) is 17.5. The largest absolute Gasteiger partial charge is 0.444 e. The van der Waals surface area contributed by atoms with Crippen LogP contribution in [0, 0.1) is 0 Å². The Balaban J connectivity index is 1.56. The molecule has 0 bridgehead atoms. The molecule has 2 heterocycles. The Morgan fingerprint density at radius 1 is 1.12 bits per heavy atom. The molecular formula is C19H26N4O2. The van der Waals surface area contributed by atoms with E-state index in [2.05, 4.69) is 39.0 Å². The third kappa shape index (κ3) is 4.59. The average molecular weight is 342 g/mol. The van der Waals surface area contributed by atoms with E-state index in [1.54, 1.807) is 4.90 Å². The molecule has 25 heavy (non-hydrogen) atoms. The normalized spacial score (nSPS) is 14.3. The molecule has 6 nitrogen and oxygen atoms in total. The van der Waals surface area contributed by atoms with Gasteiger partial charge in [-0.1, -0.05) is 30.3 Å². The number of rotatable bonds is 4. The fourth-order valence-electron chi connectivity index (χ4n) is 2.98. The topological polar surface area (TPSA) is 60.2 Å². The van der Waals surface area contributed by atoms with Crippen LogP contribution in [0.4, 0.5) is 4.79 Å². The van der Waals surface area contributed by atoms with E-state index in [4.69, 9.17) is 4.74 Å². The van der Waals surface area contributed by atoms with Gasteiger partial charge in [0.1, 0.15) is 11.4 Å². The Labute approximate surface area is 148 Å². The Morgan fingerprint density at radius 2 is 1.88 bits per heavy atom. The summed E-state index contributed by atoms with van der Waals surface area (Å²) in [6.07, 6.45) is 2.69. The van der Waals surface area contributed by atoms with Crippen LogP contribution in [0.1, 0.15) is 44.4 Å². The number of carbonyl (C=O) groups excluding carboxylic acids is 1. The molecule has 0 N–H and O–H groups in total. The highest BCUT2D eigenvalue weighted by Gasteiger charge is 2.27. The maximum atomic E-state index is 12.2. The van der Waals surface area contributed by atoms with Gasteiger partial charge in [0.2, 0.25) is 0 Å². The standard InChI is InChI=1S/C19H26N4O2/c1-19(2,3)25-18(24)22-12-13-23-16(20-21-17(23)14-22)11-7-10-15-8-5-4-6-9-15/h4-6,8-9H,7,10-14H2,1-3H3. The molecule has 6 heteroatoms. The number of aryl methyl sites for hydroxylation is 2. The average Bonchev–Trinajstić information content (AvgIpc) is 2.97. The molecule has 0 saturated heterocycles. The van der Waals surface area contributed by atoms with Crippen molar-refractivity contribution in [2.45, 2.75) is 58.7 Å². The molecule has 1 aliphatic heterocycles. The summed E-state index contributed by atoms with van der Waals surface area (Å²) in [5.74, 6) is 1.85. The minimum absolute atomic E-state index is 0.285. The Kier molecular flexibility index (Phi) is 5.06. The van der Waals surface area contributed by atoms with Gasteiger partial charge in [-0.2, -0.15) is 0 Å². The van der Waals surface area contributed by atoms with Crippen molar-refractivity contribution < 1.29 is 9.53 Å². The van der Waals surface area contributed by atoms with E-state index in [1.807, 2.05) is 26.8 Å². The van der Waals surface area contributed by atoms with Crippen LogP contribution in [-0.4, -0.2) is 37.9 Å². The SMILES string of the molecule is CC(C)(C)OC(=O)N1CCn2c(CCCc3ccccc3)nnc2C1. The summed E-state index contributed by atoms with van der Waals surface area (Å²) in [5, 5.41) is 8.61. The molecule has 3 rings (SSSR count). The molecule has 1 amide bonds. The second kappa shape index (κ2) is 7.25. The molecule has 0 unspecified atom stereocenters. The molecule has 0 radical (unpaired) electrons. The minimum Gasteiger partial charge on any atom is -0.444 e. The Bertz CT molecular complexity index is 719. The van der Waals surface area contributed by atoms with Gasteiger partial charge >= 0.3 is 6.09 Å². The van der Waals surface area contributed by atoms with Crippen LogP contribution < -0.4 is 0 Å².